The summed E-state index contributed by atoms with van der Waals surface area (Å²) < 4.78 is 26.3. The van der Waals surface area contributed by atoms with Gasteiger partial charge in [0, 0.05) is 25.2 Å². The minimum absolute atomic E-state index is 0.0278. The summed E-state index contributed by atoms with van der Waals surface area (Å²) >= 11 is 5.84. The number of nitrogens with zero attached hydrogens (tertiary/aromatic N) is 2. The van der Waals surface area contributed by atoms with Gasteiger partial charge in [0.25, 0.3) is 5.56 Å². The maximum Gasteiger partial charge on any atom is 0.285 e. The average molecular weight is 286 g/mol. The number of benzene rings is 1. The third kappa shape index (κ3) is 2.90. The van der Waals surface area contributed by atoms with Gasteiger partial charge in [0.15, 0.2) is 0 Å². The van der Waals surface area contributed by atoms with Gasteiger partial charge in [-0.2, -0.15) is 5.10 Å². The lowest BCUT2D eigenvalue weighted by atomic mass is 10.2. The van der Waals surface area contributed by atoms with Crippen molar-refractivity contribution in [2.24, 2.45) is 0 Å². The molecule has 100 valence electrons. The number of anilines is 1. The molecule has 0 saturated heterocycles. The predicted molar refractivity (Wildman–Crippen MR) is 68.3 cm³/mol. The van der Waals surface area contributed by atoms with E-state index in [2.05, 4.69) is 10.2 Å². The van der Waals surface area contributed by atoms with E-state index in [-0.39, 0.29) is 11.6 Å². The Bertz CT molecular complexity index is 660. The summed E-state index contributed by atoms with van der Waals surface area (Å²) in [5.74, 6) is -1.29. The van der Waals surface area contributed by atoms with Crippen LogP contribution in [0.15, 0.2) is 29.2 Å². The van der Waals surface area contributed by atoms with Crippen molar-refractivity contribution in [3.05, 3.63) is 57.0 Å². The number of halogens is 3. The molecule has 1 N–H and O–H groups in total. The Morgan fingerprint density at radius 2 is 2.16 bits per heavy atom. The van der Waals surface area contributed by atoms with Gasteiger partial charge in [-0.15, -0.1) is 0 Å². The van der Waals surface area contributed by atoms with Crippen LogP contribution in [0, 0.1) is 11.6 Å². The largest absolute Gasteiger partial charge is 0.367 e. The Morgan fingerprint density at radius 1 is 1.42 bits per heavy atom. The Balaban J connectivity index is 2.28. The topological polar surface area (TPSA) is 49.0 Å². The SMILES string of the molecule is CN(Cc1ccc(F)cc1F)c1cn[nH]c(=O)c1Cl. The monoisotopic (exact) mass is 285 g/mol. The molecule has 19 heavy (non-hydrogen) atoms. The van der Waals surface area contributed by atoms with Gasteiger partial charge in [-0.3, -0.25) is 4.79 Å². The number of hydrogen-bond acceptors (Lipinski definition) is 3. The second-order valence-electron chi connectivity index (χ2n) is 3.99. The minimum Gasteiger partial charge on any atom is -0.367 e. The summed E-state index contributed by atoms with van der Waals surface area (Å²) in [6.45, 7) is 0.136. The highest BCUT2D eigenvalue weighted by atomic mass is 35.5. The van der Waals surface area contributed by atoms with Gasteiger partial charge in [-0.1, -0.05) is 17.7 Å². The first-order valence-corrected chi connectivity index (χ1v) is 5.75. The van der Waals surface area contributed by atoms with Crippen LogP contribution in [0.4, 0.5) is 14.5 Å². The Kier molecular flexibility index (Phi) is 3.80. The fraction of sp³-hybridized carbons (Fsp3) is 0.167. The zero-order valence-electron chi connectivity index (χ0n) is 9.95. The molecule has 1 heterocycles. The number of rotatable bonds is 3. The Hall–Kier alpha value is -1.95. The van der Waals surface area contributed by atoms with Crippen molar-refractivity contribution >= 4 is 17.3 Å². The lowest BCUT2D eigenvalue weighted by Gasteiger charge is -2.19. The summed E-state index contributed by atoms with van der Waals surface area (Å²) in [6.07, 6.45) is 1.37. The molecule has 0 aliphatic rings. The van der Waals surface area contributed by atoms with E-state index in [9.17, 15) is 13.6 Å². The molecule has 7 heteroatoms. The molecule has 0 unspecified atom stereocenters. The summed E-state index contributed by atoms with van der Waals surface area (Å²) in [5, 5.41) is 5.79. The second-order valence-corrected chi connectivity index (χ2v) is 4.37. The van der Waals surface area contributed by atoms with Crippen LogP contribution in [0.2, 0.25) is 5.02 Å². The van der Waals surface area contributed by atoms with E-state index < -0.39 is 17.2 Å². The van der Waals surface area contributed by atoms with Crippen LogP contribution in [0.1, 0.15) is 5.56 Å². The van der Waals surface area contributed by atoms with Gasteiger partial charge in [-0.05, 0) is 6.07 Å². The smallest absolute Gasteiger partial charge is 0.285 e. The van der Waals surface area contributed by atoms with E-state index in [0.717, 1.165) is 6.07 Å². The molecule has 0 aliphatic heterocycles. The first kappa shape index (κ1) is 13.5. The molecule has 0 saturated carbocycles. The van der Waals surface area contributed by atoms with Crippen molar-refractivity contribution in [2.75, 3.05) is 11.9 Å². The van der Waals surface area contributed by atoms with Crippen molar-refractivity contribution in [3.63, 3.8) is 0 Å². The molecule has 2 rings (SSSR count). The van der Waals surface area contributed by atoms with Gasteiger partial charge in [0.05, 0.1) is 11.9 Å². The quantitative estimate of drug-likeness (QED) is 0.942. The highest BCUT2D eigenvalue weighted by Crippen LogP contribution is 2.21. The maximum atomic E-state index is 13.5. The fourth-order valence-electron chi connectivity index (χ4n) is 1.63. The molecular weight excluding hydrogens is 276 g/mol. The molecule has 0 bridgehead atoms. The zero-order chi connectivity index (χ0) is 14.0. The van der Waals surface area contributed by atoms with Crippen molar-refractivity contribution in [1.29, 1.82) is 0 Å². The zero-order valence-corrected chi connectivity index (χ0v) is 10.7. The summed E-state index contributed by atoms with van der Waals surface area (Å²) in [5.41, 5.74) is 0.139. The second kappa shape index (κ2) is 5.36. The number of aromatic amines is 1. The number of hydrogen-bond donors (Lipinski definition) is 1. The Morgan fingerprint density at radius 3 is 2.84 bits per heavy atom. The third-order valence-electron chi connectivity index (χ3n) is 2.61. The van der Waals surface area contributed by atoms with Crippen LogP contribution in [0.3, 0.4) is 0 Å². The molecule has 1 aromatic heterocycles. The van der Waals surface area contributed by atoms with E-state index in [1.54, 1.807) is 11.9 Å². The minimum atomic E-state index is -0.652. The molecule has 0 fully saturated rings. The molecule has 0 atom stereocenters. The predicted octanol–water partition coefficient (Wildman–Crippen LogP) is 2.34. The van der Waals surface area contributed by atoms with Gasteiger partial charge in [0.2, 0.25) is 0 Å². The number of H-pyrrole nitrogens is 1. The van der Waals surface area contributed by atoms with Gasteiger partial charge in [0.1, 0.15) is 16.7 Å². The molecule has 0 amide bonds. The molecule has 1 aromatic carbocycles. The van der Waals surface area contributed by atoms with Crippen LogP contribution in [-0.2, 0) is 6.54 Å². The van der Waals surface area contributed by atoms with Crippen LogP contribution < -0.4 is 10.5 Å². The molecular formula is C12H10ClF2N3O. The summed E-state index contributed by atoms with van der Waals surface area (Å²) in [7, 11) is 1.63. The van der Waals surface area contributed by atoms with Crippen molar-refractivity contribution < 1.29 is 8.78 Å². The maximum absolute atomic E-state index is 13.5. The first-order chi connectivity index (χ1) is 8.99. The Labute approximate surface area is 112 Å². The van der Waals surface area contributed by atoms with Crippen LogP contribution >= 0.6 is 11.6 Å². The van der Waals surface area contributed by atoms with E-state index in [4.69, 9.17) is 11.6 Å². The van der Waals surface area contributed by atoms with E-state index in [1.807, 2.05) is 0 Å². The molecule has 2 aromatic rings. The average Bonchev–Trinajstić information content (AvgIpc) is 2.36. The van der Waals surface area contributed by atoms with E-state index in [0.29, 0.717) is 11.3 Å². The van der Waals surface area contributed by atoms with Crippen LogP contribution in [0.25, 0.3) is 0 Å². The van der Waals surface area contributed by atoms with E-state index in [1.165, 1.54) is 18.3 Å². The van der Waals surface area contributed by atoms with Crippen LogP contribution in [0.5, 0.6) is 0 Å². The van der Waals surface area contributed by atoms with Gasteiger partial charge in [-0.25, -0.2) is 13.9 Å². The first-order valence-electron chi connectivity index (χ1n) is 5.37. The summed E-state index contributed by atoms with van der Waals surface area (Å²) in [4.78, 5) is 12.9. The molecule has 0 radical (unpaired) electrons. The third-order valence-corrected chi connectivity index (χ3v) is 2.98. The molecule has 4 nitrogen and oxygen atoms in total. The molecule has 0 spiro atoms. The van der Waals surface area contributed by atoms with Crippen LogP contribution in [-0.4, -0.2) is 17.2 Å². The fourth-order valence-corrected chi connectivity index (χ4v) is 1.87. The number of aromatic nitrogens is 2. The lowest BCUT2D eigenvalue weighted by molar-refractivity contribution is 0.571. The highest BCUT2D eigenvalue weighted by molar-refractivity contribution is 6.32. The standard InChI is InChI=1S/C12H10ClF2N3O/c1-18(10-5-16-17-12(19)11(10)13)6-7-2-3-8(14)4-9(7)15/h2-5H,6H2,1H3,(H,17,19). The highest BCUT2D eigenvalue weighted by Gasteiger charge is 2.12. The number of nitrogens with one attached hydrogen (secondary N) is 1. The summed E-state index contributed by atoms with van der Waals surface area (Å²) in [6, 6.07) is 3.32. The van der Waals surface area contributed by atoms with Gasteiger partial charge >= 0.3 is 0 Å². The van der Waals surface area contributed by atoms with Crippen molar-refractivity contribution in [3.8, 4) is 0 Å². The lowest BCUT2D eigenvalue weighted by Crippen LogP contribution is -2.21. The van der Waals surface area contributed by atoms with Crippen molar-refractivity contribution in [1.82, 2.24) is 10.2 Å². The van der Waals surface area contributed by atoms with Gasteiger partial charge < -0.3 is 4.90 Å². The molecule has 0 aliphatic carbocycles. The normalized spacial score (nSPS) is 10.5. The van der Waals surface area contributed by atoms with Crippen molar-refractivity contribution in [2.45, 2.75) is 6.54 Å². The van der Waals surface area contributed by atoms with E-state index >= 15 is 0 Å².